The Kier molecular flexibility index (Phi) is 13.9. The Morgan fingerprint density at radius 2 is 1.67 bits per heavy atom. The molecule has 0 radical (unpaired) electrons. The van der Waals surface area contributed by atoms with Gasteiger partial charge in [-0.15, -0.1) is 24.0 Å². The Bertz CT molecular complexity index is 447. The molecular formula is C18H32FIN4. The third kappa shape index (κ3) is 10.1. The van der Waals surface area contributed by atoms with Gasteiger partial charge in [0.25, 0.3) is 0 Å². The molecule has 0 saturated heterocycles. The zero-order valence-electron chi connectivity index (χ0n) is 15.1. The average Bonchev–Trinajstić information content (AvgIpc) is 2.58. The molecule has 0 aromatic heterocycles. The van der Waals surface area contributed by atoms with Gasteiger partial charge in [-0.3, -0.25) is 4.99 Å². The zero-order chi connectivity index (χ0) is 16.9. The summed E-state index contributed by atoms with van der Waals surface area (Å²) in [4.78, 5) is 6.66. The first kappa shape index (κ1) is 23.1. The van der Waals surface area contributed by atoms with E-state index < -0.39 is 0 Å². The molecule has 0 amide bonds. The van der Waals surface area contributed by atoms with E-state index in [1.807, 2.05) is 12.1 Å². The predicted octanol–water partition coefficient (Wildman–Crippen LogP) is 3.27. The fraction of sp³-hybridized carbons (Fsp3) is 0.611. The van der Waals surface area contributed by atoms with Crippen LogP contribution in [0.5, 0.6) is 0 Å². The van der Waals surface area contributed by atoms with Crippen molar-refractivity contribution in [1.82, 2.24) is 15.5 Å². The summed E-state index contributed by atoms with van der Waals surface area (Å²) in [6.45, 7) is 9.52. The highest BCUT2D eigenvalue weighted by Crippen LogP contribution is 2.02. The van der Waals surface area contributed by atoms with Crippen molar-refractivity contribution in [3.8, 4) is 0 Å². The Hall–Kier alpha value is -0.890. The largest absolute Gasteiger partial charge is 0.356 e. The van der Waals surface area contributed by atoms with Gasteiger partial charge in [0.15, 0.2) is 5.96 Å². The van der Waals surface area contributed by atoms with E-state index in [-0.39, 0.29) is 29.8 Å². The smallest absolute Gasteiger partial charge is 0.190 e. The predicted molar refractivity (Wildman–Crippen MR) is 112 cm³/mol. The number of unbranched alkanes of at least 4 members (excludes halogenated alkanes) is 1. The van der Waals surface area contributed by atoms with Gasteiger partial charge < -0.3 is 15.5 Å². The average molecular weight is 450 g/mol. The fourth-order valence-electron chi connectivity index (χ4n) is 2.40. The lowest BCUT2D eigenvalue weighted by atomic mass is 10.1. The summed E-state index contributed by atoms with van der Waals surface area (Å²) in [6.07, 6.45) is 3.18. The van der Waals surface area contributed by atoms with Gasteiger partial charge in [-0.2, -0.15) is 0 Å². The molecule has 0 fully saturated rings. The van der Waals surface area contributed by atoms with Crippen LogP contribution in [-0.4, -0.2) is 50.6 Å². The standard InChI is InChI=1S/C18H31FN4.HI/c1-4-23(5-2)15-7-6-13-21-18(20-3)22-14-12-16-8-10-17(19)11-9-16;/h8-11H,4-7,12-15H2,1-3H3,(H2,20,21,22);1H. The molecule has 24 heavy (non-hydrogen) atoms. The summed E-state index contributed by atoms with van der Waals surface area (Å²) in [6, 6.07) is 6.64. The van der Waals surface area contributed by atoms with Gasteiger partial charge in [-0.05, 0) is 56.6 Å². The minimum Gasteiger partial charge on any atom is -0.356 e. The molecule has 0 bridgehead atoms. The third-order valence-corrected chi connectivity index (χ3v) is 3.93. The summed E-state index contributed by atoms with van der Waals surface area (Å²) >= 11 is 0. The van der Waals surface area contributed by atoms with Crippen molar-refractivity contribution in [2.24, 2.45) is 4.99 Å². The topological polar surface area (TPSA) is 39.7 Å². The van der Waals surface area contributed by atoms with Gasteiger partial charge in [0, 0.05) is 20.1 Å². The molecule has 0 heterocycles. The van der Waals surface area contributed by atoms with E-state index in [4.69, 9.17) is 0 Å². The van der Waals surface area contributed by atoms with Crippen molar-refractivity contribution in [2.45, 2.75) is 33.1 Å². The van der Waals surface area contributed by atoms with E-state index in [1.54, 1.807) is 7.05 Å². The van der Waals surface area contributed by atoms with Gasteiger partial charge in [0.1, 0.15) is 5.82 Å². The lowest BCUT2D eigenvalue weighted by Crippen LogP contribution is -2.38. The highest BCUT2D eigenvalue weighted by molar-refractivity contribution is 14.0. The zero-order valence-corrected chi connectivity index (χ0v) is 17.5. The molecule has 0 atom stereocenters. The second-order valence-electron chi connectivity index (χ2n) is 5.54. The second-order valence-corrected chi connectivity index (χ2v) is 5.54. The van der Waals surface area contributed by atoms with Crippen LogP contribution >= 0.6 is 24.0 Å². The summed E-state index contributed by atoms with van der Waals surface area (Å²) in [5, 5.41) is 6.62. The molecule has 1 aromatic rings. The van der Waals surface area contributed by atoms with Crippen LogP contribution in [0.3, 0.4) is 0 Å². The van der Waals surface area contributed by atoms with Crippen LogP contribution in [0.1, 0.15) is 32.3 Å². The number of hydrogen-bond donors (Lipinski definition) is 2. The van der Waals surface area contributed by atoms with Crippen molar-refractivity contribution in [3.05, 3.63) is 35.6 Å². The fourth-order valence-corrected chi connectivity index (χ4v) is 2.40. The Morgan fingerprint density at radius 3 is 2.25 bits per heavy atom. The van der Waals surface area contributed by atoms with Gasteiger partial charge in [-0.25, -0.2) is 4.39 Å². The molecular weight excluding hydrogens is 418 g/mol. The van der Waals surface area contributed by atoms with Crippen LogP contribution in [0, 0.1) is 5.82 Å². The molecule has 1 aromatic carbocycles. The molecule has 0 aliphatic heterocycles. The molecule has 4 nitrogen and oxygen atoms in total. The van der Waals surface area contributed by atoms with Gasteiger partial charge in [0.2, 0.25) is 0 Å². The number of guanidine groups is 1. The van der Waals surface area contributed by atoms with E-state index in [9.17, 15) is 4.39 Å². The van der Waals surface area contributed by atoms with Crippen LogP contribution in [0.25, 0.3) is 0 Å². The highest BCUT2D eigenvalue weighted by Gasteiger charge is 2.00. The van der Waals surface area contributed by atoms with Crippen molar-refractivity contribution in [2.75, 3.05) is 39.8 Å². The van der Waals surface area contributed by atoms with Crippen molar-refractivity contribution < 1.29 is 4.39 Å². The van der Waals surface area contributed by atoms with Crippen molar-refractivity contribution in [3.63, 3.8) is 0 Å². The van der Waals surface area contributed by atoms with Crippen LogP contribution in [-0.2, 0) is 6.42 Å². The Balaban J connectivity index is 0.00000529. The van der Waals surface area contributed by atoms with Crippen LogP contribution in [0.4, 0.5) is 4.39 Å². The summed E-state index contributed by atoms with van der Waals surface area (Å²) in [7, 11) is 1.78. The van der Waals surface area contributed by atoms with E-state index in [0.29, 0.717) is 0 Å². The van der Waals surface area contributed by atoms with E-state index in [0.717, 1.165) is 57.1 Å². The Labute approximate surface area is 163 Å². The number of benzene rings is 1. The van der Waals surface area contributed by atoms with Gasteiger partial charge in [-0.1, -0.05) is 26.0 Å². The van der Waals surface area contributed by atoms with E-state index >= 15 is 0 Å². The lowest BCUT2D eigenvalue weighted by Gasteiger charge is -2.18. The lowest BCUT2D eigenvalue weighted by molar-refractivity contribution is 0.297. The van der Waals surface area contributed by atoms with Crippen molar-refractivity contribution >= 4 is 29.9 Å². The normalized spacial score (nSPS) is 11.3. The summed E-state index contributed by atoms with van der Waals surface area (Å²) < 4.78 is 12.8. The molecule has 1 rings (SSSR count). The first-order chi connectivity index (χ1) is 11.2. The molecule has 138 valence electrons. The first-order valence-electron chi connectivity index (χ1n) is 8.60. The SMILES string of the molecule is CCN(CC)CCCCNC(=NC)NCCc1ccc(F)cc1.I. The molecule has 0 unspecified atom stereocenters. The number of rotatable bonds is 10. The molecule has 0 saturated carbocycles. The monoisotopic (exact) mass is 450 g/mol. The minimum atomic E-state index is -0.191. The molecule has 0 spiro atoms. The maximum Gasteiger partial charge on any atom is 0.190 e. The first-order valence-corrected chi connectivity index (χ1v) is 8.60. The van der Waals surface area contributed by atoms with Crippen LogP contribution < -0.4 is 10.6 Å². The number of hydrogen-bond acceptors (Lipinski definition) is 2. The molecule has 0 aliphatic rings. The highest BCUT2D eigenvalue weighted by atomic mass is 127. The molecule has 6 heteroatoms. The minimum absolute atomic E-state index is 0. The van der Waals surface area contributed by atoms with E-state index in [2.05, 4.69) is 34.4 Å². The maximum absolute atomic E-state index is 12.8. The van der Waals surface area contributed by atoms with Crippen LogP contribution in [0.2, 0.25) is 0 Å². The molecule has 0 aliphatic carbocycles. The summed E-state index contributed by atoms with van der Waals surface area (Å²) in [5.74, 6) is 0.638. The number of aliphatic imine (C=N–C) groups is 1. The van der Waals surface area contributed by atoms with E-state index in [1.165, 1.54) is 18.6 Å². The number of halogens is 2. The van der Waals surface area contributed by atoms with Gasteiger partial charge in [0.05, 0.1) is 0 Å². The quantitative estimate of drug-likeness (QED) is 0.249. The van der Waals surface area contributed by atoms with Gasteiger partial charge >= 0.3 is 0 Å². The summed E-state index contributed by atoms with van der Waals surface area (Å²) in [5.41, 5.74) is 1.12. The van der Waals surface area contributed by atoms with Crippen LogP contribution in [0.15, 0.2) is 29.3 Å². The second kappa shape index (κ2) is 14.5. The Morgan fingerprint density at radius 1 is 1.04 bits per heavy atom. The number of nitrogens with zero attached hydrogens (tertiary/aromatic N) is 2. The number of nitrogens with one attached hydrogen (secondary N) is 2. The van der Waals surface area contributed by atoms with Crippen molar-refractivity contribution in [1.29, 1.82) is 0 Å². The molecule has 2 N–H and O–H groups in total. The maximum atomic E-state index is 12.8. The third-order valence-electron chi connectivity index (χ3n) is 3.93.